The molecule has 1 rings (SSSR count). The number of amides is 2. The van der Waals surface area contributed by atoms with E-state index in [4.69, 9.17) is 5.11 Å². The smallest absolute Gasteiger partial charge is 0.343 e. The van der Waals surface area contributed by atoms with Crippen LogP contribution in [-0.2, 0) is 9.63 Å². The number of anilines is 1. The normalized spacial score (nSPS) is 9.76. The first-order valence-electron chi connectivity index (χ1n) is 4.66. The van der Waals surface area contributed by atoms with Gasteiger partial charge in [-0.15, -0.1) is 0 Å². The van der Waals surface area contributed by atoms with Crippen LogP contribution in [0.25, 0.3) is 0 Å². The topological polar surface area (TPSA) is 87.7 Å². The van der Waals surface area contributed by atoms with Gasteiger partial charge in [0, 0.05) is 0 Å². The SMILES string of the molecule is Cc1ccc(F)c(NC(=O)NOCC(=O)O)c1. The number of rotatable bonds is 4. The van der Waals surface area contributed by atoms with Gasteiger partial charge in [-0.2, -0.15) is 0 Å². The van der Waals surface area contributed by atoms with Crippen LogP contribution in [0.15, 0.2) is 18.2 Å². The minimum Gasteiger partial charge on any atom is -0.479 e. The molecule has 3 N–H and O–H groups in total. The number of aryl methyl sites for hydroxylation is 1. The van der Waals surface area contributed by atoms with Crippen LogP contribution in [-0.4, -0.2) is 23.7 Å². The van der Waals surface area contributed by atoms with Crippen LogP contribution in [0.2, 0.25) is 0 Å². The zero-order valence-electron chi connectivity index (χ0n) is 8.99. The van der Waals surface area contributed by atoms with E-state index in [1.54, 1.807) is 13.0 Å². The standard InChI is InChI=1S/C10H11FN2O4/c1-6-2-3-7(11)8(4-6)12-10(16)13-17-5-9(14)15/h2-4H,5H2,1H3,(H,14,15)(H2,12,13,16). The van der Waals surface area contributed by atoms with Crippen LogP contribution < -0.4 is 10.8 Å². The highest BCUT2D eigenvalue weighted by Gasteiger charge is 2.07. The van der Waals surface area contributed by atoms with Crippen LogP contribution in [0.1, 0.15) is 5.56 Å². The summed E-state index contributed by atoms with van der Waals surface area (Å²) in [5.41, 5.74) is 2.57. The molecule has 0 aliphatic heterocycles. The maximum atomic E-state index is 13.2. The van der Waals surface area contributed by atoms with Crippen LogP contribution in [0.5, 0.6) is 0 Å². The summed E-state index contributed by atoms with van der Waals surface area (Å²) in [4.78, 5) is 25.5. The van der Waals surface area contributed by atoms with E-state index in [0.29, 0.717) is 0 Å². The summed E-state index contributed by atoms with van der Waals surface area (Å²) in [6, 6.07) is 3.35. The zero-order chi connectivity index (χ0) is 12.8. The van der Waals surface area contributed by atoms with Gasteiger partial charge in [0.25, 0.3) is 0 Å². The van der Waals surface area contributed by atoms with Crippen molar-refractivity contribution in [3.8, 4) is 0 Å². The van der Waals surface area contributed by atoms with E-state index in [1.165, 1.54) is 12.1 Å². The number of hydrogen-bond acceptors (Lipinski definition) is 3. The predicted molar refractivity (Wildman–Crippen MR) is 56.9 cm³/mol. The molecular weight excluding hydrogens is 231 g/mol. The van der Waals surface area contributed by atoms with E-state index in [0.717, 1.165) is 5.56 Å². The van der Waals surface area contributed by atoms with Crippen LogP contribution in [0.3, 0.4) is 0 Å². The van der Waals surface area contributed by atoms with Gasteiger partial charge < -0.3 is 10.4 Å². The van der Waals surface area contributed by atoms with Crippen molar-refractivity contribution in [3.63, 3.8) is 0 Å². The summed E-state index contributed by atoms with van der Waals surface area (Å²) in [5, 5.41) is 10.4. The Bertz CT molecular complexity index is 436. The van der Waals surface area contributed by atoms with Gasteiger partial charge in [0.2, 0.25) is 0 Å². The van der Waals surface area contributed by atoms with Crippen molar-refractivity contribution in [1.29, 1.82) is 0 Å². The molecule has 0 saturated heterocycles. The quantitative estimate of drug-likeness (QED) is 0.694. The molecule has 1 aromatic rings. The first kappa shape index (κ1) is 12.9. The highest BCUT2D eigenvalue weighted by Crippen LogP contribution is 2.15. The molecule has 2 amide bonds. The molecule has 0 heterocycles. The minimum absolute atomic E-state index is 0.0126. The number of hydroxylamine groups is 1. The van der Waals surface area contributed by atoms with Crippen molar-refractivity contribution in [2.45, 2.75) is 6.92 Å². The number of carboxylic acid groups (broad SMARTS) is 1. The fourth-order valence-corrected chi connectivity index (χ4v) is 1.05. The second kappa shape index (κ2) is 5.80. The van der Waals surface area contributed by atoms with E-state index in [-0.39, 0.29) is 5.69 Å². The molecule has 6 nitrogen and oxygen atoms in total. The lowest BCUT2D eigenvalue weighted by Gasteiger charge is -2.08. The fraction of sp³-hybridized carbons (Fsp3) is 0.200. The van der Waals surface area contributed by atoms with E-state index < -0.39 is 24.4 Å². The Labute approximate surface area is 96.3 Å². The molecule has 1 aromatic carbocycles. The van der Waals surface area contributed by atoms with Crippen molar-refractivity contribution < 1.29 is 23.9 Å². The largest absolute Gasteiger partial charge is 0.479 e. The molecule has 17 heavy (non-hydrogen) atoms. The van der Waals surface area contributed by atoms with Gasteiger partial charge in [0.15, 0.2) is 6.61 Å². The highest BCUT2D eigenvalue weighted by atomic mass is 19.1. The number of urea groups is 1. The lowest BCUT2D eigenvalue weighted by atomic mass is 10.2. The summed E-state index contributed by atoms with van der Waals surface area (Å²) in [6.07, 6.45) is 0. The first-order chi connectivity index (χ1) is 7.99. The number of carbonyl (C=O) groups excluding carboxylic acids is 1. The number of benzene rings is 1. The van der Waals surface area contributed by atoms with Crippen molar-refractivity contribution >= 4 is 17.7 Å². The number of carboxylic acids is 1. The molecule has 0 radical (unpaired) electrons. The Morgan fingerprint density at radius 1 is 1.47 bits per heavy atom. The predicted octanol–water partition coefficient (Wildman–Crippen LogP) is 1.27. The number of carbonyl (C=O) groups is 2. The molecule has 0 aliphatic carbocycles. The van der Waals surface area contributed by atoms with E-state index in [1.807, 2.05) is 5.48 Å². The van der Waals surface area contributed by atoms with Gasteiger partial charge in [-0.1, -0.05) is 6.07 Å². The van der Waals surface area contributed by atoms with E-state index in [2.05, 4.69) is 10.2 Å². The molecule has 0 saturated carbocycles. The molecule has 0 spiro atoms. The van der Waals surface area contributed by atoms with Gasteiger partial charge in [0.05, 0.1) is 5.69 Å². The summed E-state index contributed by atoms with van der Waals surface area (Å²) in [7, 11) is 0. The number of halogens is 1. The average Bonchev–Trinajstić information content (AvgIpc) is 2.23. The van der Waals surface area contributed by atoms with Gasteiger partial charge in [-0.05, 0) is 24.6 Å². The van der Waals surface area contributed by atoms with Gasteiger partial charge in [0.1, 0.15) is 5.82 Å². The number of hydrogen-bond donors (Lipinski definition) is 3. The highest BCUT2D eigenvalue weighted by molar-refractivity contribution is 5.88. The van der Waals surface area contributed by atoms with Gasteiger partial charge in [-0.3, -0.25) is 4.84 Å². The maximum absolute atomic E-state index is 13.2. The molecular formula is C10H11FN2O4. The Morgan fingerprint density at radius 3 is 2.82 bits per heavy atom. The van der Waals surface area contributed by atoms with E-state index >= 15 is 0 Å². The van der Waals surface area contributed by atoms with Crippen molar-refractivity contribution in [2.24, 2.45) is 0 Å². The van der Waals surface area contributed by atoms with Gasteiger partial charge in [-0.25, -0.2) is 19.5 Å². The number of nitrogens with one attached hydrogen (secondary N) is 2. The van der Waals surface area contributed by atoms with Crippen molar-refractivity contribution in [3.05, 3.63) is 29.6 Å². The maximum Gasteiger partial charge on any atom is 0.343 e. The molecule has 7 heteroatoms. The second-order valence-corrected chi connectivity index (χ2v) is 3.22. The minimum atomic E-state index is -1.23. The van der Waals surface area contributed by atoms with Crippen LogP contribution >= 0.6 is 0 Å². The third-order valence-corrected chi connectivity index (χ3v) is 1.73. The lowest BCUT2D eigenvalue weighted by Crippen LogP contribution is -2.31. The molecule has 0 aromatic heterocycles. The Hall–Kier alpha value is -2.15. The molecule has 0 unspecified atom stereocenters. The van der Waals surface area contributed by atoms with Gasteiger partial charge >= 0.3 is 12.0 Å². The van der Waals surface area contributed by atoms with Crippen LogP contribution in [0, 0.1) is 12.7 Å². The van der Waals surface area contributed by atoms with E-state index in [9.17, 15) is 14.0 Å². The fourth-order valence-electron chi connectivity index (χ4n) is 1.05. The van der Waals surface area contributed by atoms with Crippen molar-refractivity contribution in [1.82, 2.24) is 5.48 Å². The molecule has 0 bridgehead atoms. The average molecular weight is 242 g/mol. The van der Waals surface area contributed by atoms with Crippen molar-refractivity contribution in [2.75, 3.05) is 11.9 Å². The molecule has 92 valence electrons. The summed E-state index contributed by atoms with van der Waals surface area (Å²) < 4.78 is 13.2. The molecule has 0 aliphatic rings. The zero-order valence-corrected chi connectivity index (χ0v) is 8.99. The Balaban J connectivity index is 2.50. The lowest BCUT2D eigenvalue weighted by molar-refractivity contribution is -0.143. The second-order valence-electron chi connectivity index (χ2n) is 3.22. The monoisotopic (exact) mass is 242 g/mol. The third-order valence-electron chi connectivity index (χ3n) is 1.73. The molecule has 0 atom stereocenters. The third kappa shape index (κ3) is 4.47. The summed E-state index contributed by atoms with van der Waals surface area (Å²) in [6.45, 7) is 1.06. The number of aliphatic carboxylic acids is 1. The summed E-state index contributed by atoms with van der Waals surface area (Å²) >= 11 is 0. The Kier molecular flexibility index (Phi) is 4.41. The van der Waals surface area contributed by atoms with Crippen LogP contribution in [0.4, 0.5) is 14.9 Å². The Morgan fingerprint density at radius 2 is 2.18 bits per heavy atom. The molecule has 0 fully saturated rings. The first-order valence-corrected chi connectivity index (χ1v) is 4.66. The summed E-state index contributed by atoms with van der Waals surface area (Å²) in [5.74, 6) is -1.82.